The first kappa shape index (κ1) is 13.5. The molecule has 5 heteroatoms. The van der Waals surface area contributed by atoms with Gasteiger partial charge in [0.25, 0.3) is 0 Å². The van der Waals surface area contributed by atoms with Gasteiger partial charge in [-0.25, -0.2) is 0 Å². The van der Waals surface area contributed by atoms with Crippen LogP contribution in [0.3, 0.4) is 0 Å². The maximum absolute atomic E-state index is 10.7. The molecule has 1 unspecified atom stereocenters. The van der Waals surface area contributed by atoms with Gasteiger partial charge in [-0.15, -0.1) is 0 Å². The van der Waals surface area contributed by atoms with Crippen LogP contribution in [0.1, 0.15) is 12.5 Å². The highest BCUT2D eigenvalue weighted by Crippen LogP contribution is 2.14. The number of benzene rings is 1. The number of aliphatic hydroxyl groups is 1. The predicted molar refractivity (Wildman–Crippen MR) is 63.0 cm³/mol. The zero-order valence-electron chi connectivity index (χ0n) is 9.72. The summed E-state index contributed by atoms with van der Waals surface area (Å²) in [6.45, 7) is 1.40. The van der Waals surface area contributed by atoms with Gasteiger partial charge in [-0.05, 0) is 31.0 Å². The minimum atomic E-state index is -1.40. The molecule has 0 amide bonds. The van der Waals surface area contributed by atoms with E-state index in [0.29, 0.717) is 12.2 Å². The summed E-state index contributed by atoms with van der Waals surface area (Å²) in [5.74, 6) is -0.543. The monoisotopic (exact) mass is 239 g/mol. The maximum atomic E-state index is 10.7. The standard InChI is InChI=1S/C12H17NO4/c1-12(13,11(15)16)8-17-10-4-2-9(3-5-10)6-7-14/h2-5,14H,6-8,13H2,1H3,(H,15,16). The van der Waals surface area contributed by atoms with E-state index in [1.54, 1.807) is 12.1 Å². The van der Waals surface area contributed by atoms with Gasteiger partial charge >= 0.3 is 5.97 Å². The van der Waals surface area contributed by atoms with Crippen LogP contribution in [0.2, 0.25) is 0 Å². The highest BCUT2D eigenvalue weighted by atomic mass is 16.5. The Morgan fingerprint density at radius 3 is 2.47 bits per heavy atom. The molecule has 0 aromatic heterocycles. The number of ether oxygens (including phenoxy) is 1. The Bertz CT molecular complexity index is 373. The summed E-state index contributed by atoms with van der Waals surface area (Å²) in [5.41, 5.74) is 5.12. The van der Waals surface area contributed by atoms with Crippen molar-refractivity contribution in [1.29, 1.82) is 0 Å². The number of carbonyl (C=O) groups is 1. The second-order valence-electron chi connectivity index (χ2n) is 4.13. The van der Waals surface area contributed by atoms with Gasteiger partial charge in [-0.3, -0.25) is 4.79 Å². The quantitative estimate of drug-likeness (QED) is 0.668. The number of aliphatic hydroxyl groups excluding tert-OH is 1. The van der Waals surface area contributed by atoms with Crippen LogP contribution in [0.5, 0.6) is 5.75 Å². The van der Waals surface area contributed by atoms with E-state index in [1.165, 1.54) is 6.92 Å². The second-order valence-corrected chi connectivity index (χ2v) is 4.13. The molecule has 0 radical (unpaired) electrons. The number of rotatable bonds is 6. The van der Waals surface area contributed by atoms with Crippen LogP contribution in [0, 0.1) is 0 Å². The van der Waals surface area contributed by atoms with E-state index in [0.717, 1.165) is 5.56 Å². The topological polar surface area (TPSA) is 92.8 Å². The van der Waals surface area contributed by atoms with Gasteiger partial charge in [0.1, 0.15) is 17.9 Å². The molecule has 5 nitrogen and oxygen atoms in total. The molecule has 17 heavy (non-hydrogen) atoms. The third kappa shape index (κ3) is 4.05. The van der Waals surface area contributed by atoms with Crippen molar-refractivity contribution >= 4 is 5.97 Å². The van der Waals surface area contributed by atoms with Crippen molar-refractivity contribution in [2.75, 3.05) is 13.2 Å². The Morgan fingerprint density at radius 2 is 2.00 bits per heavy atom. The summed E-state index contributed by atoms with van der Waals surface area (Å²) < 4.78 is 5.30. The first-order valence-electron chi connectivity index (χ1n) is 5.30. The fraction of sp³-hybridized carbons (Fsp3) is 0.417. The molecule has 0 aliphatic rings. The van der Waals surface area contributed by atoms with Crippen molar-refractivity contribution in [1.82, 2.24) is 0 Å². The first-order valence-corrected chi connectivity index (χ1v) is 5.30. The molecule has 0 spiro atoms. The average molecular weight is 239 g/mol. The predicted octanol–water partition coefficient (Wildman–Crippen LogP) is 0.402. The summed E-state index contributed by atoms with van der Waals surface area (Å²) in [7, 11) is 0. The van der Waals surface area contributed by atoms with E-state index in [-0.39, 0.29) is 13.2 Å². The summed E-state index contributed by atoms with van der Waals surface area (Å²) in [6, 6.07) is 7.09. The van der Waals surface area contributed by atoms with Crippen molar-refractivity contribution in [2.24, 2.45) is 5.73 Å². The molecule has 0 aliphatic heterocycles. The van der Waals surface area contributed by atoms with Gasteiger partial charge in [-0.1, -0.05) is 12.1 Å². The highest BCUT2D eigenvalue weighted by Gasteiger charge is 2.28. The van der Waals surface area contributed by atoms with Gasteiger partial charge in [0.15, 0.2) is 0 Å². The lowest BCUT2D eigenvalue weighted by atomic mass is 10.1. The fourth-order valence-electron chi connectivity index (χ4n) is 1.18. The summed E-state index contributed by atoms with van der Waals surface area (Å²) in [6.07, 6.45) is 0.587. The SMILES string of the molecule is CC(N)(COc1ccc(CCO)cc1)C(=O)O. The number of carboxylic acid groups (broad SMARTS) is 1. The Balaban J connectivity index is 2.55. The maximum Gasteiger partial charge on any atom is 0.326 e. The van der Waals surface area contributed by atoms with Crippen molar-refractivity contribution in [2.45, 2.75) is 18.9 Å². The van der Waals surface area contributed by atoms with Crippen LogP contribution in [0.25, 0.3) is 0 Å². The van der Waals surface area contributed by atoms with Crippen LogP contribution in [0.4, 0.5) is 0 Å². The van der Waals surface area contributed by atoms with Gasteiger partial charge in [-0.2, -0.15) is 0 Å². The zero-order valence-corrected chi connectivity index (χ0v) is 9.72. The van der Waals surface area contributed by atoms with E-state index >= 15 is 0 Å². The van der Waals surface area contributed by atoms with Crippen molar-refractivity contribution in [3.05, 3.63) is 29.8 Å². The minimum absolute atomic E-state index is 0.0956. The van der Waals surface area contributed by atoms with Crippen LogP contribution < -0.4 is 10.5 Å². The number of carboxylic acids is 1. The Kier molecular flexibility index (Phi) is 4.48. The molecule has 1 aromatic rings. The molecule has 0 saturated carbocycles. The van der Waals surface area contributed by atoms with Gasteiger partial charge in [0.2, 0.25) is 0 Å². The summed E-state index contributed by atoms with van der Waals surface area (Å²) in [4.78, 5) is 10.7. The Hall–Kier alpha value is -1.59. The van der Waals surface area contributed by atoms with Crippen molar-refractivity contribution in [3.8, 4) is 5.75 Å². The summed E-state index contributed by atoms with van der Waals surface area (Å²) in [5, 5.41) is 17.5. The smallest absolute Gasteiger partial charge is 0.326 e. The van der Waals surface area contributed by atoms with Gasteiger partial charge < -0.3 is 20.7 Å². The molecular weight excluding hydrogens is 222 g/mol. The molecule has 1 rings (SSSR count). The molecule has 0 heterocycles. The van der Waals surface area contributed by atoms with Crippen molar-refractivity contribution < 1.29 is 19.7 Å². The highest BCUT2D eigenvalue weighted by molar-refractivity contribution is 5.78. The first-order chi connectivity index (χ1) is 7.95. The van der Waals surface area contributed by atoms with Crippen LogP contribution >= 0.6 is 0 Å². The third-order valence-corrected chi connectivity index (χ3v) is 2.35. The van der Waals surface area contributed by atoms with E-state index < -0.39 is 11.5 Å². The minimum Gasteiger partial charge on any atom is -0.491 e. The Labute approximate surface area is 99.8 Å². The molecule has 1 atom stereocenters. The molecule has 94 valence electrons. The third-order valence-electron chi connectivity index (χ3n) is 2.35. The lowest BCUT2D eigenvalue weighted by molar-refractivity contribution is -0.143. The van der Waals surface area contributed by atoms with E-state index in [9.17, 15) is 4.79 Å². The largest absolute Gasteiger partial charge is 0.491 e. The molecule has 0 fully saturated rings. The van der Waals surface area contributed by atoms with Crippen LogP contribution in [-0.4, -0.2) is 34.9 Å². The number of nitrogens with two attached hydrogens (primary N) is 1. The molecule has 0 saturated heterocycles. The van der Waals surface area contributed by atoms with Gasteiger partial charge in [0, 0.05) is 6.61 Å². The normalized spacial score (nSPS) is 14.1. The lowest BCUT2D eigenvalue weighted by Crippen LogP contribution is -2.49. The fourth-order valence-corrected chi connectivity index (χ4v) is 1.18. The second kappa shape index (κ2) is 5.65. The number of hydrogen-bond donors (Lipinski definition) is 3. The lowest BCUT2D eigenvalue weighted by Gasteiger charge is -2.19. The average Bonchev–Trinajstić information content (AvgIpc) is 2.28. The molecule has 0 bridgehead atoms. The van der Waals surface area contributed by atoms with E-state index in [4.69, 9.17) is 20.7 Å². The van der Waals surface area contributed by atoms with E-state index in [2.05, 4.69) is 0 Å². The van der Waals surface area contributed by atoms with Crippen molar-refractivity contribution in [3.63, 3.8) is 0 Å². The Morgan fingerprint density at radius 1 is 1.41 bits per heavy atom. The molecular formula is C12H17NO4. The molecule has 0 aliphatic carbocycles. The summed E-state index contributed by atoms with van der Waals surface area (Å²) >= 11 is 0. The van der Waals surface area contributed by atoms with E-state index in [1.807, 2.05) is 12.1 Å². The van der Waals surface area contributed by atoms with Gasteiger partial charge in [0.05, 0.1) is 0 Å². The number of aliphatic carboxylic acids is 1. The number of hydrogen-bond acceptors (Lipinski definition) is 4. The zero-order chi connectivity index (χ0) is 12.9. The van der Waals surface area contributed by atoms with Crippen LogP contribution in [-0.2, 0) is 11.2 Å². The van der Waals surface area contributed by atoms with Crippen LogP contribution in [0.15, 0.2) is 24.3 Å². The molecule has 4 N–H and O–H groups in total. The molecule has 1 aromatic carbocycles.